The van der Waals surface area contributed by atoms with Crippen molar-refractivity contribution < 1.29 is 9.21 Å². The van der Waals surface area contributed by atoms with Crippen LogP contribution in [0.5, 0.6) is 0 Å². The molecule has 0 radical (unpaired) electrons. The molecule has 0 saturated carbocycles. The first-order chi connectivity index (χ1) is 10.8. The molecule has 0 atom stereocenters. The van der Waals surface area contributed by atoms with Crippen molar-refractivity contribution in [3.63, 3.8) is 0 Å². The summed E-state index contributed by atoms with van der Waals surface area (Å²) in [6, 6.07) is 10.2. The molecule has 1 amide bonds. The summed E-state index contributed by atoms with van der Waals surface area (Å²) in [6.07, 6.45) is 5.61. The van der Waals surface area contributed by atoms with Gasteiger partial charge in [0, 0.05) is 43.3 Å². The first-order valence-electron chi connectivity index (χ1n) is 7.97. The Bertz CT molecular complexity index is 640. The molecular formula is C18H20N2O2. The topological polar surface area (TPSA) is 36.7 Å². The predicted octanol–water partition coefficient (Wildman–Crippen LogP) is 2.87. The highest BCUT2D eigenvalue weighted by atomic mass is 16.3. The van der Waals surface area contributed by atoms with Gasteiger partial charge in [0.1, 0.15) is 0 Å². The summed E-state index contributed by atoms with van der Waals surface area (Å²) in [5.74, 6) is 0.174. The largest absolute Gasteiger partial charge is 0.472 e. The second kappa shape index (κ2) is 5.61. The van der Waals surface area contributed by atoms with Crippen LogP contribution in [-0.2, 0) is 0 Å². The number of carbonyl (C=O) groups is 1. The predicted molar refractivity (Wildman–Crippen MR) is 84.6 cm³/mol. The van der Waals surface area contributed by atoms with Gasteiger partial charge >= 0.3 is 0 Å². The second-order valence-corrected chi connectivity index (χ2v) is 6.16. The van der Waals surface area contributed by atoms with E-state index in [1.807, 2.05) is 30.3 Å². The van der Waals surface area contributed by atoms with Gasteiger partial charge in [0.2, 0.25) is 0 Å². The van der Waals surface area contributed by atoms with Crippen LogP contribution in [0.3, 0.4) is 0 Å². The Kier molecular flexibility index (Phi) is 3.47. The molecule has 3 aliphatic heterocycles. The molecule has 0 aliphatic carbocycles. The molecule has 2 aromatic rings. The average molecular weight is 296 g/mol. The molecule has 0 spiro atoms. The smallest absolute Gasteiger partial charge is 0.254 e. The summed E-state index contributed by atoms with van der Waals surface area (Å²) in [6.45, 7) is 4.13. The SMILES string of the molecule is O=C(c1ccc(-c2ccoc2)cc1)N1CCN2CCC1CC2. The molecule has 5 rings (SSSR count). The van der Waals surface area contributed by atoms with Crippen molar-refractivity contribution in [1.82, 2.24) is 9.80 Å². The lowest BCUT2D eigenvalue weighted by atomic mass is 10.0. The minimum absolute atomic E-state index is 0.174. The Balaban J connectivity index is 1.55. The summed E-state index contributed by atoms with van der Waals surface area (Å²) in [5.41, 5.74) is 2.90. The molecule has 4 nitrogen and oxygen atoms in total. The quantitative estimate of drug-likeness (QED) is 0.855. The van der Waals surface area contributed by atoms with Crippen LogP contribution < -0.4 is 0 Å². The summed E-state index contributed by atoms with van der Waals surface area (Å²) < 4.78 is 5.11. The summed E-state index contributed by atoms with van der Waals surface area (Å²) in [5, 5.41) is 0. The van der Waals surface area contributed by atoms with Gasteiger partial charge in [-0.25, -0.2) is 0 Å². The Labute approximate surface area is 130 Å². The number of rotatable bonds is 2. The first-order valence-corrected chi connectivity index (χ1v) is 7.97. The lowest BCUT2D eigenvalue weighted by Gasteiger charge is -2.31. The molecule has 3 fully saturated rings. The van der Waals surface area contributed by atoms with E-state index in [1.165, 1.54) is 0 Å². The van der Waals surface area contributed by atoms with Crippen LogP contribution in [0, 0.1) is 0 Å². The molecule has 1 aromatic carbocycles. The average Bonchev–Trinajstić information content (AvgIpc) is 2.95. The maximum atomic E-state index is 12.8. The fourth-order valence-electron chi connectivity index (χ4n) is 3.55. The number of fused-ring (bicyclic) bond motifs is 4. The minimum Gasteiger partial charge on any atom is -0.472 e. The summed E-state index contributed by atoms with van der Waals surface area (Å²) >= 11 is 0. The van der Waals surface area contributed by atoms with Crippen LogP contribution in [0.4, 0.5) is 0 Å². The van der Waals surface area contributed by atoms with Crippen molar-refractivity contribution in [1.29, 1.82) is 0 Å². The zero-order chi connectivity index (χ0) is 14.9. The van der Waals surface area contributed by atoms with Gasteiger partial charge in [-0.05, 0) is 36.6 Å². The fraction of sp³-hybridized carbons (Fsp3) is 0.389. The van der Waals surface area contributed by atoms with Crippen molar-refractivity contribution >= 4 is 5.91 Å². The van der Waals surface area contributed by atoms with E-state index >= 15 is 0 Å². The van der Waals surface area contributed by atoms with Crippen molar-refractivity contribution in [2.45, 2.75) is 18.9 Å². The Hall–Kier alpha value is -2.07. The van der Waals surface area contributed by atoms with E-state index in [4.69, 9.17) is 4.42 Å². The van der Waals surface area contributed by atoms with Gasteiger partial charge in [-0.1, -0.05) is 12.1 Å². The van der Waals surface area contributed by atoms with Crippen LogP contribution in [0.15, 0.2) is 47.3 Å². The van der Waals surface area contributed by atoms with Crippen LogP contribution in [0.1, 0.15) is 23.2 Å². The Morgan fingerprint density at radius 3 is 2.41 bits per heavy atom. The van der Waals surface area contributed by atoms with E-state index in [1.54, 1.807) is 12.5 Å². The van der Waals surface area contributed by atoms with Gasteiger partial charge in [0.05, 0.1) is 12.5 Å². The van der Waals surface area contributed by atoms with Gasteiger partial charge in [0.15, 0.2) is 0 Å². The zero-order valence-corrected chi connectivity index (χ0v) is 12.6. The molecule has 3 saturated heterocycles. The monoisotopic (exact) mass is 296 g/mol. The Morgan fingerprint density at radius 1 is 0.955 bits per heavy atom. The van der Waals surface area contributed by atoms with Crippen LogP contribution in [0.2, 0.25) is 0 Å². The van der Waals surface area contributed by atoms with Gasteiger partial charge in [-0.3, -0.25) is 4.79 Å². The van der Waals surface area contributed by atoms with Crippen LogP contribution >= 0.6 is 0 Å². The molecular weight excluding hydrogens is 276 g/mol. The maximum absolute atomic E-state index is 12.8. The molecule has 0 N–H and O–H groups in total. The van der Waals surface area contributed by atoms with Crippen molar-refractivity contribution in [2.75, 3.05) is 26.2 Å². The number of amides is 1. The van der Waals surface area contributed by atoms with Crippen molar-refractivity contribution in [3.8, 4) is 11.1 Å². The van der Waals surface area contributed by atoms with Crippen molar-refractivity contribution in [3.05, 3.63) is 48.4 Å². The maximum Gasteiger partial charge on any atom is 0.254 e. The third-order valence-corrected chi connectivity index (χ3v) is 4.90. The van der Waals surface area contributed by atoms with Crippen LogP contribution in [-0.4, -0.2) is 47.9 Å². The molecule has 22 heavy (non-hydrogen) atoms. The first kappa shape index (κ1) is 13.6. The van der Waals surface area contributed by atoms with Gasteiger partial charge < -0.3 is 14.2 Å². The molecule has 2 bridgehead atoms. The number of piperidine rings is 1. The Morgan fingerprint density at radius 2 is 1.73 bits per heavy atom. The van der Waals surface area contributed by atoms with E-state index in [0.29, 0.717) is 6.04 Å². The highest BCUT2D eigenvalue weighted by Crippen LogP contribution is 2.24. The van der Waals surface area contributed by atoms with Crippen LogP contribution in [0.25, 0.3) is 11.1 Å². The standard InChI is InChI=1S/C18H20N2O2/c21-18(20-11-10-19-8-5-17(20)6-9-19)15-3-1-14(2-4-15)16-7-12-22-13-16/h1-4,7,12-13,17H,5-6,8-11H2. The molecule has 3 aliphatic rings. The lowest BCUT2D eigenvalue weighted by Crippen LogP contribution is -2.41. The third-order valence-electron chi connectivity index (χ3n) is 4.90. The number of furan rings is 1. The molecule has 114 valence electrons. The summed E-state index contributed by atoms with van der Waals surface area (Å²) in [7, 11) is 0. The summed E-state index contributed by atoms with van der Waals surface area (Å²) in [4.78, 5) is 17.4. The van der Waals surface area contributed by atoms with E-state index in [0.717, 1.165) is 55.7 Å². The van der Waals surface area contributed by atoms with Crippen molar-refractivity contribution in [2.24, 2.45) is 0 Å². The normalized spacial score (nSPS) is 24.3. The second-order valence-electron chi connectivity index (χ2n) is 6.16. The van der Waals surface area contributed by atoms with Gasteiger partial charge in [0.25, 0.3) is 5.91 Å². The zero-order valence-electron chi connectivity index (χ0n) is 12.6. The highest BCUT2D eigenvalue weighted by Gasteiger charge is 2.32. The fourth-order valence-corrected chi connectivity index (χ4v) is 3.55. The molecule has 4 heteroatoms. The van der Waals surface area contributed by atoms with E-state index in [9.17, 15) is 4.79 Å². The van der Waals surface area contributed by atoms with E-state index < -0.39 is 0 Å². The molecule has 0 unspecified atom stereocenters. The lowest BCUT2D eigenvalue weighted by molar-refractivity contribution is 0.0685. The number of hydrogen-bond acceptors (Lipinski definition) is 3. The number of carbonyl (C=O) groups excluding carboxylic acids is 1. The van der Waals surface area contributed by atoms with Gasteiger partial charge in [-0.15, -0.1) is 0 Å². The number of nitrogens with zero attached hydrogens (tertiary/aromatic N) is 2. The van der Waals surface area contributed by atoms with E-state index in [-0.39, 0.29) is 5.91 Å². The molecule has 1 aromatic heterocycles. The third kappa shape index (κ3) is 2.44. The van der Waals surface area contributed by atoms with Gasteiger partial charge in [-0.2, -0.15) is 0 Å². The van der Waals surface area contributed by atoms with E-state index in [2.05, 4.69) is 9.80 Å². The molecule has 4 heterocycles. The highest BCUT2D eigenvalue weighted by molar-refractivity contribution is 5.95. The minimum atomic E-state index is 0.174. The number of benzene rings is 1. The number of hydrogen-bond donors (Lipinski definition) is 0.